The standard InChI is InChI=1S/C12H22N2OS/c1-2-11(12-14-8-10-16-12)13-7-5-3-4-6-9-15/h8,10-11,13,15H,2-7,9H2,1H3. The zero-order valence-electron chi connectivity index (χ0n) is 9.98. The molecule has 1 aromatic heterocycles. The number of hydrogen-bond acceptors (Lipinski definition) is 4. The van der Waals surface area contributed by atoms with Gasteiger partial charge in [-0.2, -0.15) is 0 Å². The molecule has 0 saturated heterocycles. The molecule has 1 aromatic rings. The van der Waals surface area contributed by atoms with Gasteiger partial charge in [0.05, 0.1) is 6.04 Å². The summed E-state index contributed by atoms with van der Waals surface area (Å²) in [5.41, 5.74) is 0. The first-order valence-corrected chi connectivity index (χ1v) is 7.00. The number of hydrogen-bond donors (Lipinski definition) is 2. The Morgan fingerprint density at radius 2 is 2.19 bits per heavy atom. The molecule has 4 heteroatoms. The van der Waals surface area contributed by atoms with Crippen molar-refractivity contribution in [3.8, 4) is 0 Å². The Kier molecular flexibility index (Phi) is 7.38. The van der Waals surface area contributed by atoms with Crippen molar-refractivity contribution in [1.29, 1.82) is 0 Å². The predicted octanol–water partition coefficient (Wildman–Crippen LogP) is 2.74. The Morgan fingerprint density at radius 3 is 2.81 bits per heavy atom. The molecule has 1 unspecified atom stereocenters. The number of aliphatic hydroxyl groups is 1. The average molecular weight is 242 g/mol. The van der Waals surface area contributed by atoms with Gasteiger partial charge in [0, 0.05) is 18.2 Å². The Balaban J connectivity index is 2.11. The fourth-order valence-electron chi connectivity index (χ4n) is 1.68. The van der Waals surface area contributed by atoms with Gasteiger partial charge in [0.2, 0.25) is 0 Å². The Labute approximate surface area is 102 Å². The van der Waals surface area contributed by atoms with Gasteiger partial charge in [-0.3, -0.25) is 0 Å². The molecule has 0 spiro atoms. The van der Waals surface area contributed by atoms with Gasteiger partial charge >= 0.3 is 0 Å². The molecule has 0 bridgehead atoms. The summed E-state index contributed by atoms with van der Waals surface area (Å²) in [7, 11) is 0. The van der Waals surface area contributed by atoms with Crippen LogP contribution in [0.25, 0.3) is 0 Å². The van der Waals surface area contributed by atoms with Crippen molar-refractivity contribution in [2.75, 3.05) is 13.2 Å². The topological polar surface area (TPSA) is 45.1 Å². The van der Waals surface area contributed by atoms with Crippen molar-refractivity contribution in [3.05, 3.63) is 16.6 Å². The molecule has 0 amide bonds. The van der Waals surface area contributed by atoms with E-state index in [9.17, 15) is 0 Å². The van der Waals surface area contributed by atoms with Crippen molar-refractivity contribution in [2.24, 2.45) is 0 Å². The highest BCUT2D eigenvalue weighted by atomic mass is 32.1. The number of thiazole rings is 1. The largest absolute Gasteiger partial charge is 0.396 e. The van der Waals surface area contributed by atoms with E-state index >= 15 is 0 Å². The first kappa shape index (κ1) is 13.6. The number of unbranched alkanes of at least 4 members (excludes halogenated alkanes) is 3. The molecule has 0 aromatic carbocycles. The molecule has 1 heterocycles. The van der Waals surface area contributed by atoms with E-state index in [1.54, 1.807) is 11.3 Å². The number of nitrogens with zero attached hydrogens (tertiary/aromatic N) is 1. The van der Waals surface area contributed by atoms with E-state index in [0.29, 0.717) is 12.6 Å². The summed E-state index contributed by atoms with van der Waals surface area (Å²) in [4.78, 5) is 4.34. The number of rotatable bonds is 9. The molecule has 0 fully saturated rings. The number of aromatic nitrogens is 1. The fraction of sp³-hybridized carbons (Fsp3) is 0.750. The average Bonchev–Trinajstić information content (AvgIpc) is 2.82. The highest BCUT2D eigenvalue weighted by molar-refractivity contribution is 7.09. The zero-order valence-corrected chi connectivity index (χ0v) is 10.8. The third kappa shape index (κ3) is 5.05. The summed E-state index contributed by atoms with van der Waals surface area (Å²) in [6, 6.07) is 0.415. The quantitative estimate of drug-likeness (QED) is 0.654. The summed E-state index contributed by atoms with van der Waals surface area (Å²) < 4.78 is 0. The van der Waals surface area contributed by atoms with E-state index in [0.717, 1.165) is 25.8 Å². The van der Waals surface area contributed by atoms with Crippen LogP contribution in [0.4, 0.5) is 0 Å². The van der Waals surface area contributed by atoms with Crippen LogP contribution in [-0.4, -0.2) is 23.2 Å². The van der Waals surface area contributed by atoms with E-state index in [-0.39, 0.29) is 0 Å². The van der Waals surface area contributed by atoms with Crippen molar-refractivity contribution in [2.45, 2.75) is 45.1 Å². The van der Waals surface area contributed by atoms with Gasteiger partial charge in [0.25, 0.3) is 0 Å². The minimum Gasteiger partial charge on any atom is -0.396 e. The third-order valence-corrected chi connectivity index (χ3v) is 3.52. The van der Waals surface area contributed by atoms with E-state index in [2.05, 4.69) is 17.2 Å². The lowest BCUT2D eigenvalue weighted by molar-refractivity contribution is 0.282. The molecule has 0 saturated carbocycles. The van der Waals surface area contributed by atoms with Gasteiger partial charge in [-0.05, 0) is 25.8 Å². The predicted molar refractivity (Wildman–Crippen MR) is 68.7 cm³/mol. The van der Waals surface area contributed by atoms with Crippen molar-refractivity contribution in [3.63, 3.8) is 0 Å². The van der Waals surface area contributed by atoms with E-state index in [4.69, 9.17) is 5.11 Å². The van der Waals surface area contributed by atoms with Crippen molar-refractivity contribution in [1.82, 2.24) is 10.3 Å². The van der Waals surface area contributed by atoms with Gasteiger partial charge in [-0.1, -0.05) is 19.8 Å². The first-order chi connectivity index (χ1) is 7.88. The lowest BCUT2D eigenvalue weighted by Crippen LogP contribution is -2.21. The summed E-state index contributed by atoms with van der Waals surface area (Å²) in [5.74, 6) is 0. The lowest BCUT2D eigenvalue weighted by Gasteiger charge is -2.13. The highest BCUT2D eigenvalue weighted by Gasteiger charge is 2.09. The van der Waals surface area contributed by atoms with Gasteiger partial charge < -0.3 is 10.4 Å². The van der Waals surface area contributed by atoms with Crippen LogP contribution in [0.3, 0.4) is 0 Å². The number of nitrogens with one attached hydrogen (secondary N) is 1. The van der Waals surface area contributed by atoms with E-state index < -0.39 is 0 Å². The highest BCUT2D eigenvalue weighted by Crippen LogP contribution is 2.18. The third-order valence-electron chi connectivity index (χ3n) is 2.63. The smallest absolute Gasteiger partial charge is 0.109 e. The molecule has 0 aliphatic carbocycles. The van der Waals surface area contributed by atoms with Gasteiger partial charge in [-0.25, -0.2) is 4.98 Å². The molecule has 16 heavy (non-hydrogen) atoms. The summed E-state index contributed by atoms with van der Waals surface area (Å²) in [6.45, 7) is 3.55. The Bertz CT molecular complexity index is 252. The Morgan fingerprint density at radius 1 is 1.38 bits per heavy atom. The summed E-state index contributed by atoms with van der Waals surface area (Å²) in [6.07, 6.45) is 7.40. The maximum absolute atomic E-state index is 8.65. The minimum absolute atomic E-state index is 0.324. The second-order valence-electron chi connectivity index (χ2n) is 3.92. The fourth-order valence-corrected chi connectivity index (χ4v) is 2.48. The summed E-state index contributed by atoms with van der Waals surface area (Å²) >= 11 is 1.72. The molecule has 1 rings (SSSR count). The lowest BCUT2D eigenvalue weighted by atomic mass is 10.2. The van der Waals surface area contributed by atoms with E-state index in [1.807, 2.05) is 11.6 Å². The van der Waals surface area contributed by atoms with Crippen LogP contribution in [0.15, 0.2) is 11.6 Å². The first-order valence-electron chi connectivity index (χ1n) is 6.12. The van der Waals surface area contributed by atoms with Crippen LogP contribution in [0.5, 0.6) is 0 Å². The van der Waals surface area contributed by atoms with Gasteiger partial charge in [0.15, 0.2) is 0 Å². The van der Waals surface area contributed by atoms with Crippen LogP contribution in [0.1, 0.15) is 50.1 Å². The maximum Gasteiger partial charge on any atom is 0.109 e. The zero-order chi connectivity index (χ0) is 11.6. The normalized spacial score (nSPS) is 12.9. The minimum atomic E-state index is 0.324. The SMILES string of the molecule is CCC(NCCCCCCO)c1nccs1. The van der Waals surface area contributed by atoms with Crippen molar-refractivity contribution < 1.29 is 5.11 Å². The van der Waals surface area contributed by atoms with Crippen molar-refractivity contribution >= 4 is 11.3 Å². The molecule has 2 N–H and O–H groups in total. The number of aliphatic hydroxyl groups excluding tert-OH is 1. The van der Waals surface area contributed by atoms with Crippen LogP contribution >= 0.6 is 11.3 Å². The molecule has 92 valence electrons. The molecular weight excluding hydrogens is 220 g/mol. The molecule has 0 aliphatic heterocycles. The maximum atomic E-state index is 8.65. The molecule has 0 radical (unpaired) electrons. The van der Waals surface area contributed by atoms with Crippen LogP contribution in [-0.2, 0) is 0 Å². The van der Waals surface area contributed by atoms with Gasteiger partial charge in [0.1, 0.15) is 5.01 Å². The van der Waals surface area contributed by atoms with Crippen LogP contribution < -0.4 is 5.32 Å². The van der Waals surface area contributed by atoms with E-state index in [1.165, 1.54) is 17.8 Å². The molecule has 1 atom stereocenters. The molecule has 3 nitrogen and oxygen atoms in total. The van der Waals surface area contributed by atoms with Gasteiger partial charge in [-0.15, -0.1) is 11.3 Å². The second kappa shape index (κ2) is 8.67. The monoisotopic (exact) mass is 242 g/mol. The van der Waals surface area contributed by atoms with Crippen LogP contribution in [0, 0.1) is 0 Å². The van der Waals surface area contributed by atoms with Crippen LogP contribution in [0.2, 0.25) is 0 Å². The second-order valence-corrected chi connectivity index (χ2v) is 4.85. The Hall–Kier alpha value is -0.450. The molecule has 0 aliphatic rings. The summed E-state index contributed by atoms with van der Waals surface area (Å²) in [5, 5.41) is 15.4. The molecular formula is C12H22N2OS.